The van der Waals surface area contributed by atoms with Gasteiger partial charge >= 0.3 is 0 Å². The molecule has 0 atom stereocenters. The van der Waals surface area contributed by atoms with E-state index in [2.05, 4.69) is 83.6 Å². The lowest BCUT2D eigenvalue weighted by Crippen LogP contribution is -1.88. The number of rotatable bonds is 2. The molecule has 2 heterocycles. The Bertz CT molecular complexity index is 1180. The molecular weight excluding hydrogens is 328 g/mol. The van der Waals surface area contributed by atoms with Crippen LogP contribution in [-0.4, -0.2) is 9.97 Å². The number of hydrogen-bond donors (Lipinski definition) is 0. The lowest BCUT2D eigenvalue weighted by atomic mass is 9.93. The molecule has 0 unspecified atom stereocenters. The van der Waals surface area contributed by atoms with Crippen LogP contribution in [0, 0.1) is 6.92 Å². The Hall–Kier alpha value is -3.52. The van der Waals surface area contributed by atoms with Crippen molar-refractivity contribution in [3.05, 3.63) is 96.8 Å². The van der Waals surface area contributed by atoms with Crippen LogP contribution in [0.4, 0.5) is 0 Å². The highest BCUT2D eigenvalue weighted by Crippen LogP contribution is 2.34. The van der Waals surface area contributed by atoms with Crippen molar-refractivity contribution in [2.45, 2.75) is 6.92 Å². The summed E-state index contributed by atoms with van der Waals surface area (Å²) >= 11 is 0. The first-order valence-corrected chi connectivity index (χ1v) is 9.09. The van der Waals surface area contributed by atoms with E-state index in [1.165, 1.54) is 38.6 Å². The van der Waals surface area contributed by atoms with Gasteiger partial charge in [-0.1, -0.05) is 48.5 Å². The zero-order valence-corrected chi connectivity index (χ0v) is 15.1. The predicted octanol–water partition coefficient (Wildman–Crippen LogP) is 6.43. The normalized spacial score (nSPS) is 11.1. The summed E-state index contributed by atoms with van der Waals surface area (Å²) in [6, 6.07) is 27.7. The highest BCUT2D eigenvalue weighted by molar-refractivity contribution is 5.98. The molecule has 0 radical (unpaired) electrons. The van der Waals surface area contributed by atoms with E-state index in [1.54, 1.807) is 0 Å². The fourth-order valence-electron chi connectivity index (χ4n) is 3.80. The molecule has 2 nitrogen and oxygen atoms in total. The number of aryl methyl sites for hydroxylation is 1. The van der Waals surface area contributed by atoms with Gasteiger partial charge in [-0.15, -0.1) is 0 Å². The van der Waals surface area contributed by atoms with E-state index in [1.807, 2.05) is 24.5 Å². The van der Waals surface area contributed by atoms with E-state index in [0.29, 0.717) is 0 Å². The molecule has 0 aliphatic heterocycles. The van der Waals surface area contributed by atoms with Gasteiger partial charge in [0, 0.05) is 23.2 Å². The van der Waals surface area contributed by atoms with Crippen LogP contribution >= 0.6 is 0 Å². The lowest BCUT2D eigenvalue weighted by Gasteiger charge is -2.12. The summed E-state index contributed by atoms with van der Waals surface area (Å²) in [7, 11) is 0. The molecule has 0 amide bonds. The zero-order valence-electron chi connectivity index (χ0n) is 15.1. The summed E-state index contributed by atoms with van der Waals surface area (Å²) in [5.74, 6) is 0. The van der Waals surface area contributed by atoms with E-state index >= 15 is 0 Å². The number of fused-ring (bicyclic) bond motifs is 2. The second kappa shape index (κ2) is 6.33. The quantitative estimate of drug-likeness (QED) is 0.368. The topological polar surface area (TPSA) is 25.8 Å². The summed E-state index contributed by atoms with van der Waals surface area (Å²) in [4.78, 5) is 9.01. The highest BCUT2D eigenvalue weighted by Gasteiger charge is 2.09. The van der Waals surface area contributed by atoms with E-state index < -0.39 is 0 Å². The number of hydrogen-bond acceptors (Lipinski definition) is 2. The molecule has 3 aromatic carbocycles. The van der Waals surface area contributed by atoms with Crippen LogP contribution in [-0.2, 0) is 0 Å². The number of benzene rings is 3. The summed E-state index contributed by atoms with van der Waals surface area (Å²) in [6.45, 7) is 2.15. The van der Waals surface area contributed by atoms with Gasteiger partial charge in [-0.2, -0.15) is 0 Å². The van der Waals surface area contributed by atoms with E-state index in [9.17, 15) is 0 Å². The molecule has 0 aliphatic rings. The molecule has 128 valence electrons. The molecule has 0 bridgehead atoms. The average molecular weight is 346 g/mol. The fourth-order valence-corrected chi connectivity index (χ4v) is 3.80. The molecule has 0 saturated carbocycles. The van der Waals surface area contributed by atoms with Crippen molar-refractivity contribution in [3.8, 4) is 22.3 Å². The third-order valence-corrected chi connectivity index (χ3v) is 4.99. The Morgan fingerprint density at radius 2 is 1.07 bits per heavy atom. The first-order chi connectivity index (χ1) is 13.3. The Morgan fingerprint density at radius 3 is 1.59 bits per heavy atom. The van der Waals surface area contributed by atoms with Gasteiger partial charge < -0.3 is 0 Å². The zero-order chi connectivity index (χ0) is 18.2. The minimum absolute atomic E-state index is 1.02. The van der Waals surface area contributed by atoms with E-state index in [-0.39, 0.29) is 0 Å². The summed E-state index contributed by atoms with van der Waals surface area (Å²) < 4.78 is 0. The summed E-state index contributed by atoms with van der Waals surface area (Å²) in [5, 5.41) is 2.35. The molecule has 0 N–H and O–H groups in total. The molecule has 0 spiro atoms. The van der Waals surface area contributed by atoms with Crippen LogP contribution in [0.5, 0.6) is 0 Å². The number of aromatic nitrogens is 2. The van der Waals surface area contributed by atoms with Crippen LogP contribution in [0.3, 0.4) is 0 Å². The van der Waals surface area contributed by atoms with Gasteiger partial charge in [0.2, 0.25) is 0 Å². The van der Waals surface area contributed by atoms with Crippen molar-refractivity contribution in [1.82, 2.24) is 9.97 Å². The van der Waals surface area contributed by atoms with Crippen molar-refractivity contribution in [2.75, 3.05) is 0 Å². The summed E-state index contributed by atoms with van der Waals surface area (Å²) in [5.41, 5.74) is 8.13. The van der Waals surface area contributed by atoms with Crippen LogP contribution in [0.15, 0.2) is 91.3 Å². The molecule has 2 heteroatoms. The molecule has 0 aliphatic carbocycles. The highest BCUT2D eigenvalue weighted by atomic mass is 14.6. The van der Waals surface area contributed by atoms with Crippen LogP contribution in [0.2, 0.25) is 0 Å². The van der Waals surface area contributed by atoms with Gasteiger partial charge in [0.15, 0.2) is 0 Å². The Morgan fingerprint density at radius 1 is 0.556 bits per heavy atom. The maximum atomic E-state index is 4.50. The van der Waals surface area contributed by atoms with Crippen LogP contribution < -0.4 is 0 Å². The Labute approximate surface area is 158 Å². The lowest BCUT2D eigenvalue weighted by molar-refractivity contribution is 1.41. The molecule has 5 rings (SSSR count). The largest absolute Gasteiger partial charge is 0.256 e. The number of pyridine rings is 2. The van der Waals surface area contributed by atoms with Crippen molar-refractivity contribution >= 4 is 21.8 Å². The Balaban J connectivity index is 1.76. The predicted molar refractivity (Wildman–Crippen MR) is 113 cm³/mol. The van der Waals surface area contributed by atoms with E-state index in [4.69, 9.17) is 0 Å². The molecule has 5 aromatic rings. The monoisotopic (exact) mass is 346 g/mol. The minimum Gasteiger partial charge on any atom is -0.256 e. The van der Waals surface area contributed by atoms with Gasteiger partial charge in [0.05, 0.1) is 11.0 Å². The maximum absolute atomic E-state index is 4.50. The SMILES string of the molecule is Cc1cc(-c2cccc3ncccc23)cc(-c2cccc3ncccc23)c1. The van der Waals surface area contributed by atoms with Crippen molar-refractivity contribution in [3.63, 3.8) is 0 Å². The standard InChI is InChI=1S/C25H18N2/c1-17-14-18(20-6-2-10-24-22(20)8-4-12-26-24)16-19(15-17)21-7-3-11-25-23(21)9-5-13-27-25/h2-16H,1H3. The number of nitrogens with zero attached hydrogens (tertiary/aromatic N) is 2. The second-order valence-corrected chi connectivity index (χ2v) is 6.84. The Kier molecular flexibility index (Phi) is 3.68. The van der Waals surface area contributed by atoms with Gasteiger partial charge in [0.1, 0.15) is 0 Å². The molecule has 0 fully saturated rings. The molecular formula is C25H18N2. The minimum atomic E-state index is 1.02. The van der Waals surface area contributed by atoms with Gasteiger partial charge in [0.25, 0.3) is 0 Å². The van der Waals surface area contributed by atoms with Crippen LogP contribution in [0.1, 0.15) is 5.56 Å². The second-order valence-electron chi connectivity index (χ2n) is 6.84. The average Bonchev–Trinajstić information content (AvgIpc) is 2.72. The fraction of sp³-hybridized carbons (Fsp3) is 0.0400. The summed E-state index contributed by atoms with van der Waals surface area (Å²) in [6.07, 6.45) is 3.69. The third-order valence-electron chi connectivity index (χ3n) is 4.99. The first-order valence-electron chi connectivity index (χ1n) is 9.09. The molecule has 2 aromatic heterocycles. The van der Waals surface area contributed by atoms with Gasteiger partial charge in [-0.3, -0.25) is 9.97 Å². The van der Waals surface area contributed by atoms with Crippen molar-refractivity contribution in [2.24, 2.45) is 0 Å². The van der Waals surface area contributed by atoms with E-state index in [0.717, 1.165) is 11.0 Å². The first kappa shape index (κ1) is 15.7. The smallest absolute Gasteiger partial charge is 0.0708 e. The van der Waals surface area contributed by atoms with Gasteiger partial charge in [-0.25, -0.2) is 0 Å². The van der Waals surface area contributed by atoms with Crippen LogP contribution in [0.25, 0.3) is 44.1 Å². The molecule has 27 heavy (non-hydrogen) atoms. The van der Waals surface area contributed by atoms with Crippen molar-refractivity contribution < 1.29 is 0 Å². The third kappa shape index (κ3) is 2.76. The maximum Gasteiger partial charge on any atom is 0.0708 e. The van der Waals surface area contributed by atoms with Crippen molar-refractivity contribution in [1.29, 1.82) is 0 Å². The van der Waals surface area contributed by atoms with Gasteiger partial charge in [-0.05, 0) is 65.1 Å². The molecule has 0 saturated heterocycles.